The molecule has 1 aromatic carbocycles. The molecule has 2 aliphatic heterocycles. The molecule has 0 radical (unpaired) electrons. The van der Waals surface area contributed by atoms with E-state index in [1.165, 1.54) is 11.8 Å². The van der Waals surface area contributed by atoms with E-state index in [4.69, 9.17) is 18.9 Å². The van der Waals surface area contributed by atoms with Crippen LogP contribution in [0.15, 0.2) is 34.0 Å². The Morgan fingerprint density at radius 2 is 1.84 bits per heavy atom. The van der Waals surface area contributed by atoms with Gasteiger partial charge < -0.3 is 34.5 Å². The van der Waals surface area contributed by atoms with Crippen LogP contribution in [0.5, 0.6) is 5.88 Å². The van der Waals surface area contributed by atoms with Gasteiger partial charge in [-0.05, 0) is 55.8 Å². The van der Waals surface area contributed by atoms with Gasteiger partial charge >= 0.3 is 11.9 Å². The van der Waals surface area contributed by atoms with E-state index in [0.29, 0.717) is 72.7 Å². The first kappa shape index (κ1) is 36.3. The summed E-state index contributed by atoms with van der Waals surface area (Å²) in [5.41, 5.74) is 1.79. The zero-order valence-corrected chi connectivity index (χ0v) is 30.2. The Kier molecular flexibility index (Phi) is 12.3. The average molecular weight is 763 g/mol. The molecule has 1 amide bonds. The Morgan fingerprint density at radius 1 is 1.06 bits per heavy atom. The van der Waals surface area contributed by atoms with Gasteiger partial charge in [0.2, 0.25) is 17.7 Å². The van der Waals surface area contributed by atoms with Crippen LogP contribution in [0.25, 0.3) is 11.0 Å². The highest BCUT2D eigenvalue weighted by atomic mass is 79.9. The lowest BCUT2D eigenvalue weighted by atomic mass is 10.1. The summed E-state index contributed by atoms with van der Waals surface area (Å²) in [5.74, 6) is -0.416. The van der Waals surface area contributed by atoms with Crippen LogP contribution in [-0.4, -0.2) is 118 Å². The highest BCUT2D eigenvalue weighted by molar-refractivity contribution is 9.10. The molecule has 16 nitrogen and oxygen atoms in total. The third kappa shape index (κ3) is 10.0. The minimum Gasteiger partial charge on any atom is -0.470 e. The van der Waals surface area contributed by atoms with E-state index >= 15 is 0 Å². The number of ether oxygens (including phenoxy) is 4. The summed E-state index contributed by atoms with van der Waals surface area (Å²) >= 11 is 4.59. The number of anilines is 2. The first-order valence-corrected chi connectivity index (χ1v) is 17.4. The van der Waals surface area contributed by atoms with Gasteiger partial charge in [-0.3, -0.25) is 29.4 Å². The third-order valence-electron chi connectivity index (χ3n) is 7.45. The number of rotatable bonds is 13. The molecule has 0 aliphatic carbocycles. The summed E-state index contributed by atoms with van der Waals surface area (Å²) in [4.78, 5) is 55.4. The minimum absolute atomic E-state index is 0.00365. The van der Waals surface area contributed by atoms with Crippen molar-refractivity contribution in [3.63, 3.8) is 0 Å². The number of aliphatic imine (C=N–C) groups is 1. The molecule has 5 rings (SSSR count). The fourth-order valence-electron chi connectivity index (χ4n) is 4.89. The molecule has 0 spiro atoms. The van der Waals surface area contributed by atoms with Crippen molar-refractivity contribution in [3.8, 4) is 5.88 Å². The van der Waals surface area contributed by atoms with Crippen LogP contribution in [0.3, 0.4) is 0 Å². The van der Waals surface area contributed by atoms with Gasteiger partial charge in [0.15, 0.2) is 6.10 Å². The van der Waals surface area contributed by atoms with Gasteiger partial charge in [0, 0.05) is 50.5 Å². The number of guanidine groups is 1. The Hall–Kier alpha value is -4.00. The van der Waals surface area contributed by atoms with Crippen LogP contribution >= 0.6 is 27.7 Å². The van der Waals surface area contributed by atoms with Crippen LogP contribution in [0.2, 0.25) is 0 Å². The highest BCUT2D eigenvalue weighted by Crippen LogP contribution is 2.30. The lowest BCUT2D eigenvalue weighted by Gasteiger charge is -2.28. The second-order valence-corrected chi connectivity index (χ2v) is 13.7. The van der Waals surface area contributed by atoms with E-state index in [2.05, 4.69) is 50.3 Å². The first-order chi connectivity index (χ1) is 23.5. The number of hydrogen-bond donors (Lipinski definition) is 2. The largest absolute Gasteiger partial charge is 0.470 e. The van der Waals surface area contributed by atoms with Crippen LogP contribution < -0.4 is 20.3 Å². The molecular formula is C31H40BrN9O7S. The van der Waals surface area contributed by atoms with Gasteiger partial charge in [-0.2, -0.15) is 4.37 Å². The van der Waals surface area contributed by atoms with Gasteiger partial charge in [0.1, 0.15) is 18.2 Å². The number of carbonyl (C=O) groups excluding carboxylic acids is 3. The van der Waals surface area contributed by atoms with Crippen molar-refractivity contribution in [2.75, 3.05) is 62.8 Å². The molecule has 18 heteroatoms. The zero-order chi connectivity index (χ0) is 35.0. The maximum atomic E-state index is 13.1. The summed E-state index contributed by atoms with van der Waals surface area (Å²) in [6.45, 7) is 11.0. The van der Waals surface area contributed by atoms with Crippen LogP contribution in [0, 0.1) is 0 Å². The monoisotopic (exact) mass is 761 g/mol. The number of benzene rings is 1. The molecule has 49 heavy (non-hydrogen) atoms. The number of aromatic nitrogens is 4. The molecule has 1 saturated heterocycles. The minimum atomic E-state index is -1.21. The molecule has 2 aromatic heterocycles. The molecule has 0 saturated carbocycles. The smallest absolute Gasteiger partial charge is 0.347 e. The van der Waals surface area contributed by atoms with Crippen molar-refractivity contribution in [3.05, 3.63) is 29.0 Å². The van der Waals surface area contributed by atoms with Gasteiger partial charge in [-0.15, -0.1) is 4.37 Å². The topological polar surface area (TPSA) is 183 Å². The van der Waals surface area contributed by atoms with Crippen molar-refractivity contribution in [1.82, 2.24) is 28.9 Å². The summed E-state index contributed by atoms with van der Waals surface area (Å²) < 4.78 is 31.8. The van der Waals surface area contributed by atoms with Crippen LogP contribution in [-0.2, 0) is 28.6 Å². The molecule has 1 unspecified atom stereocenters. The van der Waals surface area contributed by atoms with E-state index in [-0.39, 0.29) is 37.4 Å². The number of carbonyl (C=O) groups is 3. The number of halogens is 1. The second kappa shape index (κ2) is 16.6. The van der Waals surface area contributed by atoms with E-state index in [1.54, 1.807) is 12.4 Å². The predicted octanol–water partition coefficient (Wildman–Crippen LogP) is 2.78. The predicted molar refractivity (Wildman–Crippen MR) is 186 cm³/mol. The highest BCUT2D eigenvalue weighted by Gasteiger charge is 2.29. The van der Waals surface area contributed by atoms with Gasteiger partial charge in [0.25, 0.3) is 5.88 Å². The first-order valence-electron chi connectivity index (χ1n) is 15.9. The van der Waals surface area contributed by atoms with Crippen molar-refractivity contribution in [2.45, 2.75) is 58.3 Å². The Balaban J connectivity index is 1.10. The van der Waals surface area contributed by atoms with Gasteiger partial charge in [0.05, 0.1) is 53.6 Å². The fourth-order valence-corrected chi connectivity index (χ4v) is 5.94. The van der Waals surface area contributed by atoms with Crippen LogP contribution in [0.4, 0.5) is 11.5 Å². The van der Waals surface area contributed by atoms with Gasteiger partial charge in [-0.25, -0.2) is 4.79 Å². The second-order valence-electron chi connectivity index (χ2n) is 12.4. The number of fused-ring (bicyclic) bond motifs is 1. The summed E-state index contributed by atoms with van der Waals surface area (Å²) in [6.07, 6.45) is 0.924. The van der Waals surface area contributed by atoms with E-state index in [1.807, 2.05) is 37.8 Å². The average Bonchev–Trinajstić information content (AvgIpc) is 3.76. The van der Waals surface area contributed by atoms with E-state index in [9.17, 15) is 14.4 Å². The normalized spacial score (nSPS) is 16.2. The number of hydrogen-bond acceptors (Lipinski definition) is 16. The quantitative estimate of drug-likeness (QED) is 0.243. The van der Waals surface area contributed by atoms with Crippen molar-refractivity contribution < 1.29 is 33.3 Å². The number of nitrogens with one attached hydrogen (secondary N) is 2. The van der Waals surface area contributed by atoms with E-state index in [0.717, 1.165) is 17.2 Å². The van der Waals surface area contributed by atoms with Crippen molar-refractivity contribution in [1.29, 1.82) is 0 Å². The fraction of sp³-hybridized carbons (Fsp3) is 0.548. The maximum Gasteiger partial charge on any atom is 0.347 e. The molecule has 2 atom stereocenters. The maximum absolute atomic E-state index is 13.1. The molecule has 3 aromatic rings. The molecule has 2 N–H and O–H groups in total. The molecule has 2 aliphatic rings. The lowest BCUT2D eigenvalue weighted by molar-refractivity contribution is -0.171. The van der Waals surface area contributed by atoms with Crippen molar-refractivity contribution >= 4 is 74.0 Å². The summed E-state index contributed by atoms with van der Waals surface area (Å²) in [6, 6.07) is 3.63. The number of amides is 1. The lowest BCUT2D eigenvalue weighted by Crippen LogP contribution is -2.45. The standard InChI is InChI=1S/C31H40BrN9O7S/c1-19(29(44)48-20(17-36-31(2,3)4)18-46-28-27(38-49-39-28)40-13-15-45-16-14-40)47-24(43)8-7-23(42)41-12-11-35-30(41)37-21-5-6-22-26(25(21)32)34-10-9-33-22/h5-6,9-10,19-20,36H,7-8,11-18H2,1-4H3,(H,35,37)/t19?,20-/m0/s1. The zero-order valence-electron chi connectivity index (χ0n) is 27.8. The van der Waals surface area contributed by atoms with Gasteiger partial charge in [-0.1, -0.05) is 0 Å². The third-order valence-corrected chi connectivity index (χ3v) is 8.76. The van der Waals surface area contributed by atoms with E-state index < -0.39 is 24.1 Å². The molecule has 0 bridgehead atoms. The summed E-state index contributed by atoms with van der Waals surface area (Å²) in [7, 11) is 0. The molecular weight excluding hydrogens is 722 g/mol. The Bertz CT molecular complexity index is 1660. The SMILES string of the molecule is CC(OC(=O)CCC(=O)N1CCN=C1Nc1ccc2nccnc2c1Br)C(=O)O[C@@H](CNC(C)(C)C)COc1nsnc1N1CCOCC1. The number of nitrogens with zero attached hydrogens (tertiary/aromatic N) is 7. The summed E-state index contributed by atoms with van der Waals surface area (Å²) in [5, 5.41) is 6.49. The number of esters is 2. The molecule has 1 fully saturated rings. The van der Waals surface area contributed by atoms with Crippen molar-refractivity contribution in [2.24, 2.45) is 4.99 Å². The molecule has 264 valence electrons. The number of morpholine rings is 1. The Morgan fingerprint density at radius 3 is 2.61 bits per heavy atom. The Labute approximate surface area is 296 Å². The van der Waals surface area contributed by atoms with Crippen LogP contribution in [0.1, 0.15) is 40.5 Å². The molecule has 4 heterocycles.